The lowest BCUT2D eigenvalue weighted by Gasteiger charge is -2.29. The number of allylic oxidation sites excluding steroid dienone is 4. The normalized spacial score (nSPS) is 16.2. The molecule has 132 valence electrons. The van der Waals surface area contributed by atoms with Crippen molar-refractivity contribution in [3.63, 3.8) is 0 Å². The predicted molar refractivity (Wildman–Crippen MR) is 106 cm³/mol. The van der Waals surface area contributed by atoms with E-state index in [-0.39, 0.29) is 5.41 Å². The summed E-state index contributed by atoms with van der Waals surface area (Å²) in [4.78, 5) is 2.19. The average molecular weight is 328 g/mol. The van der Waals surface area contributed by atoms with E-state index in [4.69, 9.17) is 4.74 Å². The van der Waals surface area contributed by atoms with Crippen molar-refractivity contribution in [1.82, 2.24) is 0 Å². The van der Waals surface area contributed by atoms with E-state index < -0.39 is 0 Å². The maximum Gasteiger partial charge on any atom is 0.126 e. The molecule has 1 aromatic rings. The molecule has 0 aromatic heterocycles. The molecule has 0 aliphatic heterocycles. The third-order valence-electron chi connectivity index (χ3n) is 5.55. The molecule has 0 fully saturated rings. The van der Waals surface area contributed by atoms with Crippen LogP contribution in [0.4, 0.5) is 5.69 Å². The molecule has 0 N–H and O–H groups in total. The fraction of sp³-hybridized carbons (Fsp3) is 0.545. The van der Waals surface area contributed by atoms with Gasteiger partial charge in [-0.1, -0.05) is 31.9 Å². The zero-order valence-electron chi connectivity index (χ0n) is 17.1. The van der Waals surface area contributed by atoms with Crippen LogP contribution in [0.1, 0.15) is 65.5 Å². The van der Waals surface area contributed by atoms with E-state index in [0.717, 1.165) is 5.75 Å². The van der Waals surface area contributed by atoms with Gasteiger partial charge in [0.1, 0.15) is 5.75 Å². The Hall–Kier alpha value is -1.70. The van der Waals surface area contributed by atoms with Crippen molar-refractivity contribution in [2.75, 3.05) is 26.1 Å². The topological polar surface area (TPSA) is 12.5 Å². The predicted octanol–water partition coefficient (Wildman–Crippen LogP) is 5.83. The van der Waals surface area contributed by atoms with Gasteiger partial charge in [-0.05, 0) is 56.4 Å². The zero-order chi connectivity index (χ0) is 18.4. The molecule has 0 saturated carbocycles. The molecule has 1 aromatic carbocycles. The molecule has 24 heavy (non-hydrogen) atoms. The third kappa shape index (κ3) is 2.99. The molecule has 0 radical (unpaired) electrons. The Morgan fingerprint density at radius 3 is 1.79 bits per heavy atom. The molecule has 0 spiro atoms. The molecular formula is C22H33NO. The summed E-state index contributed by atoms with van der Waals surface area (Å²) < 4.78 is 5.95. The molecular weight excluding hydrogens is 294 g/mol. The van der Waals surface area contributed by atoms with Gasteiger partial charge in [0.25, 0.3) is 0 Å². The van der Waals surface area contributed by atoms with Gasteiger partial charge in [0.05, 0.1) is 7.11 Å². The fourth-order valence-electron chi connectivity index (χ4n) is 3.71. The van der Waals surface area contributed by atoms with Gasteiger partial charge in [-0.25, -0.2) is 0 Å². The van der Waals surface area contributed by atoms with E-state index in [1.807, 2.05) is 0 Å². The van der Waals surface area contributed by atoms with Gasteiger partial charge in [-0.2, -0.15) is 0 Å². The molecule has 0 atom stereocenters. The van der Waals surface area contributed by atoms with E-state index in [1.54, 1.807) is 7.11 Å². The summed E-state index contributed by atoms with van der Waals surface area (Å²) in [5.41, 5.74) is 9.56. The minimum atomic E-state index is 0.0318. The maximum absolute atomic E-state index is 5.95. The summed E-state index contributed by atoms with van der Waals surface area (Å²) in [6, 6.07) is 4.58. The van der Waals surface area contributed by atoms with Crippen LogP contribution in [0.25, 0.3) is 0 Å². The van der Waals surface area contributed by atoms with Gasteiger partial charge in [-0.3, -0.25) is 0 Å². The van der Waals surface area contributed by atoms with Crippen molar-refractivity contribution in [3.8, 4) is 5.75 Å². The molecule has 2 nitrogen and oxygen atoms in total. The quantitative estimate of drug-likeness (QED) is 0.692. The average Bonchev–Trinajstić information content (AvgIpc) is 2.68. The Bertz CT molecular complexity index is 690. The van der Waals surface area contributed by atoms with Gasteiger partial charge in [0, 0.05) is 36.8 Å². The van der Waals surface area contributed by atoms with Crippen molar-refractivity contribution < 1.29 is 4.74 Å². The summed E-state index contributed by atoms with van der Waals surface area (Å²) in [6.45, 7) is 15.8. The highest BCUT2D eigenvalue weighted by Gasteiger charge is 2.31. The molecule has 2 rings (SSSR count). The van der Waals surface area contributed by atoms with Crippen molar-refractivity contribution in [1.29, 1.82) is 0 Å². The number of methoxy groups -OCH3 is 1. The van der Waals surface area contributed by atoms with Crippen molar-refractivity contribution in [2.45, 2.75) is 59.8 Å². The van der Waals surface area contributed by atoms with E-state index in [1.165, 1.54) is 39.1 Å². The molecule has 1 aliphatic carbocycles. The van der Waals surface area contributed by atoms with Crippen LogP contribution in [0.3, 0.4) is 0 Å². The standard InChI is InChI=1S/C22H33NO/c1-13-14(2)16(4)20(15(13)3)18-11-17(23(8)9)12-19(21(18)24-10)22(5,6)7/h11-12,20H,1-10H3. The summed E-state index contributed by atoms with van der Waals surface area (Å²) in [5, 5.41) is 0. The number of rotatable bonds is 3. The number of anilines is 1. The van der Waals surface area contributed by atoms with Crippen LogP contribution in [0.5, 0.6) is 5.75 Å². The number of hydrogen-bond acceptors (Lipinski definition) is 2. The summed E-state index contributed by atoms with van der Waals surface area (Å²) in [6.07, 6.45) is 0. The Balaban J connectivity index is 2.81. The molecule has 0 saturated heterocycles. The smallest absolute Gasteiger partial charge is 0.126 e. The lowest BCUT2D eigenvalue weighted by molar-refractivity contribution is 0.392. The van der Waals surface area contributed by atoms with Crippen LogP contribution >= 0.6 is 0 Å². The van der Waals surface area contributed by atoms with Crippen molar-refractivity contribution in [3.05, 3.63) is 45.6 Å². The van der Waals surface area contributed by atoms with Crippen LogP contribution in [0, 0.1) is 0 Å². The summed E-state index contributed by atoms with van der Waals surface area (Å²) in [7, 11) is 6.01. The Morgan fingerprint density at radius 2 is 1.42 bits per heavy atom. The number of ether oxygens (including phenoxy) is 1. The van der Waals surface area contributed by atoms with Crippen LogP contribution in [0.15, 0.2) is 34.4 Å². The van der Waals surface area contributed by atoms with Crippen LogP contribution < -0.4 is 9.64 Å². The Kier molecular flexibility index (Phi) is 4.90. The first-order valence-corrected chi connectivity index (χ1v) is 8.75. The first kappa shape index (κ1) is 18.6. The second-order valence-electron chi connectivity index (χ2n) is 8.31. The maximum atomic E-state index is 5.95. The van der Waals surface area contributed by atoms with E-state index in [2.05, 4.69) is 79.6 Å². The largest absolute Gasteiger partial charge is 0.496 e. The van der Waals surface area contributed by atoms with Gasteiger partial charge in [0.15, 0.2) is 0 Å². The lowest BCUT2D eigenvalue weighted by atomic mass is 9.80. The van der Waals surface area contributed by atoms with E-state index >= 15 is 0 Å². The Morgan fingerprint density at radius 1 is 0.917 bits per heavy atom. The van der Waals surface area contributed by atoms with E-state index in [0.29, 0.717) is 5.92 Å². The van der Waals surface area contributed by atoms with Crippen molar-refractivity contribution >= 4 is 5.69 Å². The SMILES string of the molecule is COc1c(C2C(C)=C(C)C(C)=C2C)cc(N(C)C)cc1C(C)(C)C. The Labute approximate surface area is 148 Å². The fourth-order valence-corrected chi connectivity index (χ4v) is 3.71. The molecule has 0 amide bonds. The second kappa shape index (κ2) is 6.31. The summed E-state index contributed by atoms with van der Waals surface area (Å²) >= 11 is 0. The molecule has 1 aliphatic rings. The van der Waals surface area contributed by atoms with Gasteiger partial charge in [-0.15, -0.1) is 0 Å². The highest BCUT2D eigenvalue weighted by Crippen LogP contribution is 2.49. The monoisotopic (exact) mass is 327 g/mol. The number of benzene rings is 1. The minimum Gasteiger partial charge on any atom is -0.496 e. The highest BCUT2D eigenvalue weighted by molar-refractivity contribution is 5.64. The first-order chi connectivity index (χ1) is 11.0. The molecule has 2 heteroatoms. The third-order valence-corrected chi connectivity index (χ3v) is 5.55. The second-order valence-corrected chi connectivity index (χ2v) is 8.31. The van der Waals surface area contributed by atoms with Gasteiger partial charge in [0.2, 0.25) is 0 Å². The lowest BCUT2D eigenvalue weighted by Crippen LogP contribution is -2.18. The summed E-state index contributed by atoms with van der Waals surface area (Å²) in [5.74, 6) is 1.36. The number of hydrogen-bond donors (Lipinski definition) is 0. The molecule has 0 unspecified atom stereocenters. The molecule has 0 bridgehead atoms. The molecule has 0 heterocycles. The van der Waals surface area contributed by atoms with Gasteiger partial charge < -0.3 is 9.64 Å². The number of nitrogens with zero attached hydrogens (tertiary/aromatic N) is 1. The van der Waals surface area contributed by atoms with Crippen LogP contribution in [0.2, 0.25) is 0 Å². The highest BCUT2D eigenvalue weighted by atomic mass is 16.5. The minimum absolute atomic E-state index is 0.0318. The van der Waals surface area contributed by atoms with Gasteiger partial charge >= 0.3 is 0 Å². The first-order valence-electron chi connectivity index (χ1n) is 8.75. The van der Waals surface area contributed by atoms with Crippen LogP contribution in [-0.2, 0) is 5.41 Å². The zero-order valence-corrected chi connectivity index (χ0v) is 17.1. The van der Waals surface area contributed by atoms with E-state index in [9.17, 15) is 0 Å². The van der Waals surface area contributed by atoms with Crippen molar-refractivity contribution in [2.24, 2.45) is 0 Å². The van der Waals surface area contributed by atoms with Crippen LogP contribution in [-0.4, -0.2) is 21.2 Å².